The van der Waals surface area contributed by atoms with Crippen LogP contribution in [0.15, 0.2) is 23.1 Å². The summed E-state index contributed by atoms with van der Waals surface area (Å²) >= 11 is 6.23. The van der Waals surface area contributed by atoms with Crippen LogP contribution < -0.4 is 14.8 Å². The number of thioether (sulfide) groups is 1. The molecule has 106 valence electrons. The number of ether oxygens (including phenoxy) is 2. The molecule has 1 fully saturated rings. The van der Waals surface area contributed by atoms with Crippen LogP contribution in [0.1, 0.15) is 18.9 Å². The van der Waals surface area contributed by atoms with Gasteiger partial charge in [0.2, 0.25) is 0 Å². The van der Waals surface area contributed by atoms with Crippen molar-refractivity contribution in [3.8, 4) is 11.5 Å². The lowest BCUT2D eigenvalue weighted by atomic mass is 10.1. The highest BCUT2D eigenvalue weighted by molar-refractivity contribution is 8.26. The molecule has 0 aromatic heterocycles. The molecule has 0 atom stereocenters. The lowest BCUT2D eigenvalue weighted by molar-refractivity contribution is -0.115. The Labute approximate surface area is 127 Å². The van der Waals surface area contributed by atoms with E-state index >= 15 is 0 Å². The Balaban J connectivity index is 2.38. The molecule has 1 aliphatic rings. The Hall–Kier alpha value is -1.53. The van der Waals surface area contributed by atoms with Crippen LogP contribution in [0.3, 0.4) is 0 Å². The van der Waals surface area contributed by atoms with Crippen LogP contribution in [0.4, 0.5) is 0 Å². The molecule has 0 unspecified atom stereocenters. The highest BCUT2D eigenvalue weighted by Gasteiger charge is 2.23. The SMILES string of the molecule is CCCOc1c(/C=C2/SC(=S)NC2=O)cccc1OC. The van der Waals surface area contributed by atoms with Crippen LogP contribution in [0.25, 0.3) is 6.08 Å². The summed E-state index contributed by atoms with van der Waals surface area (Å²) in [7, 11) is 1.59. The van der Waals surface area contributed by atoms with E-state index in [2.05, 4.69) is 5.32 Å². The number of methoxy groups -OCH3 is 1. The molecule has 1 aromatic carbocycles. The molecular weight excluding hydrogens is 294 g/mol. The molecule has 0 saturated carbocycles. The maximum Gasteiger partial charge on any atom is 0.263 e. The molecule has 0 bridgehead atoms. The van der Waals surface area contributed by atoms with Gasteiger partial charge >= 0.3 is 0 Å². The minimum atomic E-state index is -0.177. The molecular formula is C14H15NO3S2. The number of benzene rings is 1. The average molecular weight is 309 g/mol. The van der Waals surface area contributed by atoms with Gasteiger partial charge in [0.15, 0.2) is 11.5 Å². The Morgan fingerprint density at radius 1 is 1.45 bits per heavy atom. The maximum atomic E-state index is 11.7. The van der Waals surface area contributed by atoms with E-state index in [9.17, 15) is 4.79 Å². The minimum absolute atomic E-state index is 0.177. The zero-order chi connectivity index (χ0) is 14.5. The average Bonchev–Trinajstić information content (AvgIpc) is 2.75. The predicted octanol–water partition coefficient (Wildman–Crippen LogP) is 2.97. The quantitative estimate of drug-likeness (QED) is 0.669. The Kier molecular flexibility index (Phi) is 5.03. The summed E-state index contributed by atoms with van der Waals surface area (Å²) in [5.74, 6) is 1.12. The number of hydrogen-bond donors (Lipinski definition) is 1. The highest BCUT2D eigenvalue weighted by Crippen LogP contribution is 2.35. The second-order valence-electron chi connectivity index (χ2n) is 4.08. The van der Waals surface area contributed by atoms with Crippen molar-refractivity contribution in [2.75, 3.05) is 13.7 Å². The normalized spacial score (nSPS) is 16.4. The topological polar surface area (TPSA) is 47.6 Å². The van der Waals surface area contributed by atoms with Crippen molar-refractivity contribution in [1.29, 1.82) is 0 Å². The van der Waals surface area contributed by atoms with Gasteiger partial charge in [-0.05, 0) is 18.6 Å². The van der Waals surface area contributed by atoms with Gasteiger partial charge in [0.1, 0.15) is 4.32 Å². The van der Waals surface area contributed by atoms with Gasteiger partial charge in [-0.3, -0.25) is 4.79 Å². The first kappa shape index (κ1) is 14.9. The van der Waals surface area contributed by atoms with Gasteiger partial charge in [0, 0.05) is 5.56 Å². The zero-order valence-corrected chi connectivity index (χ0v) is 12.9. The fourth-order valence-corrected chi connectivity index (χ4v) is 2.76. The van der Waals surface area contributed by atoms with E-state index in [0.717, 1.165) is 12.0 Å². The number of amides is 1. The summed E-state index contributed by atoms with van der Waals surface area (Å²) in [6, 6.07) is 5.58. The molecule has 0 aliphatic carbocycles. The van der Waals surface area contributed by atoms with E-state index in [1.807, 2.05) is 25.1 Å². The van der Waals surface area contributed by atoms with Crippen molar-refractivity contribution in [3.63, 3.8) is 0 Å². The molecule has 1 N–H and O–H groups in total. The van der Waals surface area contributed by atoms with E-state index in [1.165, 1.54) is 11.8 Å². The first-order valence-electron chi connectivity index (χ1n) is 6.20. The minimum Gasteiger partial charge on any atom is -0.493 e. The summed E-state index contributed by atoms with van der Waals surface area (Å²) in [5, 5.41) is 2.59. The third-order valence-corrected chi connectivity index (χ3v) is 3.77. The van der Waals surface area contributed by atoms with E-state index in [-0.39, 0.29) is 5.91 Å². The second-order valence-corrected chi connectivity index (χ2v) is 5.80. The summed E-state index contributed by atoms with van der Waals surface area (Å²) in [6.45, 7) is 2.63. The van der Waals surface area contributed by atoms with Gasteiger partial charge < -0.3 is 14.8 Å². The number of carbonyl (C=O) groups excluding carboxylic acids is 1. The molecule has 0 radical (unpaired) electrons. The van der Waals surface area contributed by atoms with E-state index in [4.69, 9.17) is 21.7 Å². The van der Waals surface area contributed by atoms with Crippen molar-refractivity contribution < 1.29 is 14.3 Å². The highest BCUT2D eigenvalue weighted by atomic mass is 32.2. The van der Waals surface area contributed by atoms with Crippen molar-refractivity contribution in [2.24, 2.45) is 0 Å². The van der Waals surface area contributed by atoms with Crippen LogP contribution in [-0.2, 0) is 4.79 Å². The van der Waals surface area contributed by atoms with Gasteiger partial charge in [-0.2, -0.15) is 0 Å². The number of carbonyl (C=O) groups is 1. The predicted molar refractivity (Wildman–Crippen MR) is 85.1 cm³/mol. The van der Waals surface area contributed by atoms with Gasteiger partial charge in [0.05, 0.1) is 18.6 Å². The third-order valence-electron chi connectivity index (χ3n) is 2.61. The summed E-state index contributed by atoms with van der Waals surface area (Å²) < 4.78 is 11.5. The molecule has 1 saturated heterocycles. The molecule has 1 amide bonds. The van der Waals surface area contributed by atoms with E-state index in [1.54, 1.807) is 13.2 Å². The lowest BCUT2D eigenvalue weighted by Gasteiger charge is -2.12. The van der Waals surface area contributed by atoms with Crippen molar-refractivity contribution in [1.82, 2.24) is 5.32 Å². The summed E-state index contributed by atoms with van der Waals surface area (Å²) in [6.07, 6.45) is 2.67. The lowest BCUT2D eigenvalue weighted by Crippen LogP contribution is -2.17. The van der Waals surface area contributed by atoms with Crippen molar-refractivity contribution in [2.45, 2.75) is 13.3 Å². The number of nitrogens with one attached hydrogen (secondary N) is 1. The second kappa shape index (κ2) is 6.76. The third kappa shape index (κ3) is 3.32. The van der Waals surface area contributed by atoms with Crippen LogP contribution in [-0.4, -0.2) is 23.9 Å². The van der Waals surface area contributed by atoms with Gasteiger partial charge in [-0.1, -0.05) is 43.0 Å². The smallest absolute Gasteiger partial charge is 0.263 e. The molecule has 20 heavy (non-hydrogen) atoms. The van der Waals surface area contributed by atoms with Gasteiger partial charge in [-0.15, -0.1) is 0 Å². The molecule has 1 aliphatic heterocycles. The summed E-state index contributed by atoms with van der Waals surface area (Å²) in [5.41, 5.74) is 0.806. The van der Waals surface area contributed by atoms with Crippen LogP contribution in [0.2, 0.25) is 0 Å². The maximum absolute atomic E-state index is 11.7. The van der Waals surface area contributed by atoms with Crippen LogP contribution in [0.5, 0.6) is 11.5 Å². The summed E-state index contributed by atoms with van der Waals surface area (Å²) in [4.78, 5) is 12.3. The Bertz CT molecular complexity index is 570. The number of para-hydroxylation sites is 1. The fraction of sp³-hybridized carbons (Fsp3) is 0.286. The largest absolute Gasteiger partial charge is 0.493 e. The van der Waals surface area contributed by atoms with Gasteiger partial charge in [0.25, 0.3) is 5.91 Å². The molecule has 6 heteroatoms. The Morgan fingerprint density at radius 2 is 2.25 bits per heavy atom. The molecule has 1 aromatic rings. The molecule has 0 spiro atoms. The zero-order valence-electron chi connectivity index (χ0n) is 11.3. The standard InChI is InChI=1S/C14H15NO3S2/c1-3-7-18-12-9(5-4-6-10(12)17-2)8-11-13(16)15-14(19)20-11/h4-6,8H,3,7H2,1-2H3,(H,15,16,19)/b11-8+. The number of hydrogen-bond acceptors (Lipinski definition) is 5. The number of rotatable bonds is 5. The van der Waals surface area contributed by atoms with Gasteiger partial charge in [-0.25, -0.2) is 0 Å². The number of thiocarbonyl (C=S) groups is 1. The molecule has 2 rings (SSSR count). The monoisotopic (exact) mass is 309 g/mol. The molecule has 1 heterocycles. The Morgan fingerprint density at radius 3 is 2.85 bits per heavy atom. The van der Waals surface area contributed by atoms with Crippen molar-refractivity contribution in [3.05, 3.63) is 28.7 Å². The first-order chi connectivity index (χ1) is 9.65. The van der Waals surface area contributed by atoms with E-state index in [0.29, 0.717) is 27.3 Å². The van der Waals surface area contributed by atoms with Crippen molar-refractivity contribution >= 4 is 40.3 Å². The van der Waals surface area contributed by atoms with Crippen LogP contribution >= 0.6 is 24.0 Å². The van der Waals surface area contributed by atoms with E-state index < -0.39 is 0 Å². The van der Waals surface area contributed by atoms with Crippen LogP contribution in [0, 0.1) is 0 Å². The fourth-order valence-electron chi connectivity index (χ4n) is 1.73. The molecule has 4 nitrogen and oxygen atoms in total. The first-order valence-corrected chi connectivity index (χ1v) is 7.42.